The summed E-state index contributed by atoms with van der Waals surface area (Å²) in [6.07, 6.45) is 6.05. The van der Waals surface area contributed by atoms with Crippen molar-refractivity contribution in [1.29, 1.82) is 0 Å². The molecule has 1 aliphatic heterocycles. The summed E-state index contributed by atoms with van der Waals surface area (Å²) in [7, 11) is 1.71. The van der Waals surface area contributed by atoms with E-state index in [2.05, 4.69) is 43.8 Å². The van der Waals surface area contributed by atoms with Gasteiger partial charge in [0.25, 0.3) is 0 Å². The molecule has 7 heteroatoms. The molecule has 3 heterocycles. The predicted molar refractivity (Wildman–Crippen MR) is 108 cm³/mol. The Morgan fingerprint density at radius 2 is 2.22 bits per heavy atom. The number of amides is 1. The van der Waals surface area contributed by atoms with Crippen molar-refractivity contribution in [3.05, 3.63) is 46.1 Å². The molecule has 1 aromatic carbocycles. The maximum Gasteiger partial charge on any atom is 0.223 e. The van der Waals surface area contributed by atoms with Gasteiger partial charge in [-0.25, -0.2) is 9.97 Å². The minimum absolute atomic E-state index is 0.0518. The number of aryl methyl sites for hydroxylation is 1. The number of anilines is 2. The number of nitrogens with zero attached hydrogens (tertiary/aromatic N) is 3. The number of rotatable bonds is 3. The molecule has 6 nitrogen and oxygen atoms in total. The standard InChI is InChI=1S/C20H19N5OS/c1-21-19(26)11-3-5-15-16(7-11)27-20-17(15)18(23-10-24-20)25-14-4-2-12-8-22-9-13(12)6-14/h2,4,6,9-11H,3,5,7-8H2,1H3,(H,21,26)(H,23,24,25). The lowest BCUT2D eigenvalue weighted by atomic mass is 9.87. The SMILES string of the molecule is CNC(=O)C1CCc2c(sc3ncnc(Nc4ccc5c(c4)C=NC5)c23)C1. The third-order valence-corrected chi connectivity index (χ3v) is 6.53. The second kappa shape index (κ2) is 6.42. The van der Waals surface area contributed by atoms with E-state index >= 15 is 0 Å². The number of hydrogen-bond donors (Lipinski definition) is 2. The second-order valence-corrected chi connectivity index (χ2v) is 8.05. The molecule has 1 aliphatic carbocycles. The third kappa shape index (κ3) is 2.78. The van der Waals surface area contributed by atoms with Gasteiger partial charge in [0.1, 0.15) is 17.0 Å². The zero-order valence-electron chi connectivity index (χ0n) is 15.0. The van der Waals surface area contributed by atoms with Crippen LogP contribution in [0.3, 0.4) is 0 Å². The highest BCUT2D eigenvalue weighted by molar-refractivity contribution is 7.19. The first kappa shape index (κ1) is 16.4. The van der Waals surface area contributed by atoms with Crippen molar-refractivity contribution >= 4 is 45.2 Å². The van der Waals surface area contributed by atoms with E-state index in [0.29, 0.717) is 0 Å². The number of thiophene rings is 1. The fraction of sp³-hybridized carbons (Fsp3) is 0.300. The molecule has 1 atom stereocenters. The summed E-state index contributed by atoms with van der Waals surface area (Å²) >= 11 is 1.68. The van der Waals surface area contributed by atoms with E-state index in [1.54, 1.807) is 24.7 Å². The van der Waals surface area contributed by atoms with Crippen LogP contribution in [-0.4, -0.2) is 29.1 Å². The van der Waals surface area contributed by atoms with Crippen LogP contribution in [0.15, 0.2) is 29.5 Å². The van der Waals surface area contributed by atoms with E-state index in [1.165, 1.54) is 16.0 Å². The summed E-state index contributed by atoms with van der Waals surface area (Å²) in [5, 5.41) is 7.35. The van der Waals surface area contributed by atoms with Gasteiger partial charge in [-0.15, -0.1) is 11.3 Å². The van der Waals surface area contributed by atoms with Gasteiger partial charge in [-0.1, -0.05) is 6.07 Å². The van der Waals surface area contributed by atoms with Gasteiger partial charge in [-0.3, -0.25) is 9.79 Å². The minimum Gasteiger partial charge on any atom is -0.359 e. The van der Waals surface area contributed by atoms with Crippen LogP contribution in [0.5, 0.6) is 0 Å². The predicted octanol–water partition coefficient (Wildman–Crippen LogP) is 3.22. The summed E-state index contributed by atoms with van der Waals surface area (Å²) in [4.78, 5) is 27.6. The Balaban J connectivity index is 1.52. The van der Waals surface area contributed by atoms with E-state index in [4.69, 9.17) is 0 Å². The highest BCUT2D eigenvalue weighted by atomic mass is 32.1. The molecule has 3 aromatic rings. The van der Waals surface area contributed by atoms with Crippen LogP contribution in [0.2, 0.25) is 0 Å². The van der Waals surface area contributed by atoms with Crippen molar-refractivity contribution in [2.75, 3.05) is 12.4 Å². The number of hydrogen-bond acceptors (Lipinski definition) is 6. The van der Waals surface area contributed by atoms with E-state index in [0.717, 1.165) is 53.1 Å². The van der Waals surface area contributed by atoms with Crippen molar-refractivity contribution in [2.24, 2.45) is 10.9 Å². The molecule has 5 rings (SSSR count). The van der Waals surface area contributed by atoms with Crippen molar-refractivity contribution < 1.29 is 4.79 Å². The molecule has 27 heavy (non-hydrogen) atoms. The van der Waals surface area contributed by atoms with Gasteiger partial charge in [-0.2, -0.15) is 0 Å². The van der Waals surface area contributed by atoms with Crippen LogP contribution in [0.1, 0.15) is 28.0 Å². The molecule has 2 aromatic heterocycles. The number of benzene rings is 1. The molecule has 1 amide bonds. The lowest BCUT2D eigenvalue weighted by Gasteiger charge is -2.21. The van der Waals surface area contributed by atoms with Gasteiger partial charge in [0, 0.05) is 29.7 Å². The average molecular weight is 377 g/mol. The molecule has 0 bridgehead atoms. The summed E-state index contributed by atoms with van der Waals surface area (Å²) in [6, 6.07) is 6.29. The van der Waals surface area contributed by atoms with Crippen LogP contribution >= 0.6 is 11.3 Å². The highest BCUT2D eigenvalue weighted by Crippen LogP contribution is 2.40. The van der Waals surface area contributed by atoms with Crippen LogP contribution in [0.4, 0.5) is 11.5 Å². The molecule has 1 unspecified atom stereocenters. The molecule has 136 valence electrons. The maximum absolute atomic E-state index is 12.0. The average Bonchev–Trinajstić information content (AvgIpc) is 3.30. The molecule has 0 spiro atoms. The van der Waals surface area contributed by atoms with Crippen molar-refractivity contribution in [3.8, 4) is 0 Å². The highest BCUT2D eigenvalue weighted by Gasteiger charge is 2.28. The topological polar surface area (TPSA) is 79.3 Å². The Kier molecular flexibility index (Phi) is 3.89. The number of carbonyl (C=O) groups is 1. The number of aromatic nitrogens is 2. The van der Waals surface area contributed by atoms with Crippen LogP contribution in [0.25, 0.3) is 10.2 Å². The number of fused-ring (bicyclic) bond motifs is 4. The zero-order chi connectivity index (χ0) is 18.4. The summed E-state index contributed by atoms with van der Waals surface area (Å²) in [6.45, 7) is 0.762. The van der Waals surface area contributed by atoms with Crippen LogP contribution in [-0.2, 0) is 24.2 Å². The van der Waals surface area contributed by atoms with Crippen LogP contribution in [0, 0.1) is 5.92 Å². The largest absolute Gasteiger partial charge is 0.359 e. The van der Waals surface area contributed by atoms with Crippen molar-refractivity contribution in [1.82, 2.24) is 15.3 Å². The Morgan fingerprint density at radius 1 is 1.30 bits per heavy atom. The number of nitrogens with one attached hydrogen (secondary N) is 2. The van der Waals surface area contributed by atoms with E-state index in [1.807, 2.05) is 6.21 Å². The first-order chi connectivity index (χ1) is 13.2. The molecular formula is C20H19N5OS. The maximum atomic E-state index is 12.0. The molecule has 0 saturated carbocycles. The first-order valence-electron chi connectivity index (χ1n) is 9.09. The monoisotopic (exact) mass is 377 g/mol. The van der Waals surface area contributed by atoms with Gasteiger partial charge >= 0.3 is 0 Å². The van der Waals surface area contributed by atoms with Crippen LogP contribution < -0.4 is 10.6 Å². The number of carbonyl (C=O) groups excluding carboxylic acids is 1. The zero-order valence-corrected chi connectivity index (χ0v) is 15.8. The third-order valence-electron chi connectivity index (χ3n) is 5.36. The molecular weight excluding hydrogens is 358 g/mol. The van der Waals surface area contributed by atoms with Gasteiger partial charge in [0.05, 0.1) is 11.9 Å². The van der Waals surface area contributed by atoms with E-state index < -0.39 is 0 Å². The smallest absolute Gasteiger partial charge is 0.223 e. The number of aliphatic imine (C=N–C) groups is 1. The Morgan fingerprint density at radius 3 is 3.11 bits per heavy atom. The van der Waals surface area contributed by atoms with E-state index in [9.17, 15) is 4.79 Å². The summed E-state index contributed by atoms with van der Waals surface area (Å²) in [5.41, 5.74) is 4.70. The molecule has 0 saturated heterocycles. The van der Waals surface area contributed by atoms with Crippen molar-refractivity contribution in [3.63, 3.8) is 0 Å². The van der Waals surface area contributed by atoms with Gasteiger partial charge in [0.2, 0.25) is 5.91 Å². The van der Waals surface area contributed by atoms with Crippen molar-refractivity contribution in [2.45, 2.75) is 25.8 Å². The lowest BCUT2D eigenvalue weighted by Crippen LogP contribution is -2.31. The lowest BCUT2D eigenvalue weighted by molar-refractivity contribution is -0.124. The van der Waals surface area contributed by atoms with Gasteiger partial charge < -0.3 is 10.6 Å². The normalized spacial score (nSPS) is 17.6. The van der Waals surface area contributed by atoms with Gasteiger partial charge in [0.15, 0.2) is 0 Å². The Labute approximate surface area is 160 Å². The van der Waals surface area contributed by atoms with Gasteiger partial charge in [-0.05, 0) is 48.1 Å². The first-order valence-corrected chi connectivity index (χ1v) is 9.91. The molecule has 0 radical (unpaired) electrons. The fourth-order valence-corrected chi connectivity index (χ4v) is 5.22. The summed E-state index contributed by atoms with van der Waals surface area (Å²) in [5.74, 6) is 1.02. The van der Waals surface area contributed by atoms with E-state index in [-0.39, 0.29) is 11.8 Å². The quantitative estimate of drug-likeness (QED) is 0.735. The fourth-order valence-electron chi connectivity index (χ4n) is 3.95. The Bertz CT molecular complexity index is 1090. The molecule has 0 fully saturated rings. The second-order valence-electron chi connectivity index (χ2n) is 6.97. The molecule has 2 aliphatic rings. The minimum atomic E-state index is 0.0518. The Hall–Kier alpha value is -2.80. The molecule has 2 N–H and O–H groups in total. The summed E-state index contributed by atoms with van der Waals surface area (Å²) < 4.78 is 0.